The highest BCUT2D eigenvalue weighted by molar-refractivity contribution is 5.41. The minimum absolute atomic E-state index is 0.170. The van der Waals surface area contributed by atoms with Crippen molar-refractivity contribution in [2.45, 2.75) is 44.4 Å². The molecule has 1 saturated carbocycles. The van der Waals surface area contributed by atoms with Crippen LogP contribution in [0.15, 0.2) is 30.7 Å². The van der Waals surface area contributed by atoms with Crippen LogP contribution in [0.3, 0.4) is 0 Å². The Morgan fingerprint density at radius 3 is 2.52 bits per heavy atom. The van der Waals surface area contributed by atoms with Gasteiger partial charge in [-0.3, -0.25) is 4.90 Å². The molecule has 0 bridgehead atoms. The van der Waals surface area contributed by atoms with Crippen molar-refractivity contribution >= 4 is 11.6 Å². The maximum absolute atomic E-state index is 12.9. The van der Waals surface area contributed by atoms with Gasteiger partial charge in [-0.25, -0.2) is 15.0 Å². The zero-order chi connectivity index (χ0) is 22.9. The first-order valence-electron chi connectivity index (χ1n) is 11.5. The zero-order valence-electron chi connectivity index (χ0n) is 18.5. The number of aromatic nitrogens is 3. The number of anilines is 2. The van der Waals surface area contributed by atoms with Gasteiger partial charge in [0.2, 0.25) is 0 Å². The van der Waals surface area contributed by atoms with Crippen LogP contribution < -0.4 is 10.2 Å². The molecule has 0 unspecified atom stereocenters. The molecule has 1 N–H and O–H groups in total. The fourth-order valence-electron chi connectivity index (χ4n) is 5.26. The lowest BCUT2D eigenvalue weighted by Gasteiger charge is -2.52. The van der Waals surface area contributed by atoms with Crippen molar-refractivity contribution in [3.05, 3.63) is 42.0 Å². The smallest absolute Gasteiger partial charge is 0.378 e. The van der Waals surface area contributed by atoms with Gasteiger partial charge in [-0.1, -0.05) is 0 Å². The van der Waals surface area contributed by atoms with E-state index >= 15 is 0 Å². The summed E-state index contributed by atoms with van der Waals surface area (Å²) in [5.41, 5.74) is 0.667. The Morgan fingerprint density at radius 1 is 1.03 bits per heavy atom. The van der Waals surface area contributed by atoms with Gasteiger partial charge in [0.15, 0.2) is 0 Å². The summed E-state index contributed by atoms with van der Waals surface area (Å²) in [5.74, 6) is 1.28. The molecule has 178 valence electrons. The van der Waals surface area contributed by atoms with Crippen molar-refractivity contribution in [1.29, 1.82) is 0 Å². The predicted molar refractivity (Wildman–Crippen MR) is 118 cm³/mol. The molecule has 4 heterocycles. The second-order valence-electron chi connectivity index (χ2n) is 9.43. The number of halogens is 3. The van der Waals surface area contributed by atoms with Crippen LogP contribution in [0.5, 0.6) is 0 Å². The molecule has 2 saturated heterocycles. The summed E-state index contributed by atoms with van der Waals surface area (Å²) >= 11 is 0. The van der Waals surface area contributed by atoms with Gasteiger partial charge in [-0.15, -0.1) is 0 Å². The van der Waals surface area contributed by atoms with Crippen LogP contribution in [0.2, 0.25) is 0 Å². The van der Waals surface area contributed by atoms with Gasteiger partial charge >= 0.3 is 6.18 Å². The van der Waals surface area contributed by atoms with E-state index in [1.807, 2.05) is 6.20 Å². The van der Waals surface area contributed by atoms with E-state index in [2.05, 4.69) is 42.2 Å². The van der Waals surface area contributed by atoms with Crippen LogP contribution in [-0.2, 0) is 17.5 Å². The van der Waals surface area contributed by atoms with Crippen molar-refractivity contribution in [3.63, 3.8) is 0 Å². The number of ether oxygens (including phenoxy) is 1. The fraction of sp³-hybridized carbons (Fsp3) is 0.609. The first kappa shape index (κ1) is 22.3. The third kappa shape index (κ3) is 5.22. The van der Waals surface area contributed by atoms with Crippen molar-refractivity contribution < 1.29 is 17.9 Å². The summed E-state index contributed by atoms with van der Waals surface area (Å²) in [7, 11) is 0. The number of morpholine rings is 1. The monoisotopic (exact) mass is 462 g/mol. The molecule has 0 aromatic carbocycles. The molecule has 1 spiro atoms. The first-order valence-corrected chi connectivity index (χ1v) is 11.5. The van der Waals surface area contributed by atoms with Gasteiger partial charge in [-0.2, -0.15) is 13.2 Å². The average Bonchev–Trinajstić information content (AvgIpc) is 2.80. The number of hydrogen-bond acceptors (Lipinski definition) is 7. The number of alkyl halides is 3. The van der Waals surface area contributed by atoms with E-state index in [4.69, 9.17) is 4.74 Å². The van der Waals surface area contributed by atoms with E-state index < -0.39 is 11.9 Å². The zero-order valence-corrected chi connectivity index (χ0v) is 18.5. The Balaban J connectivity index is 1.10. The number of nitrogens with zero attached hydrogens (tertiary/aromatic N) is 5. The summed E-state index contributed by atoms with van der Waals surface area (Å²) in [4.78, 5) is 16.6. The fourth-order valence-corrected chi connectivity index (χ4v) is 5.26. The van der Waals surface area contributed by atoms with E-state index in [-0.39, 0.29) is 11.9 Å². The minimum atomic E-state index is -4.45. The van der Waals surface area contributed by atoms with Crippen LogP contribution >= 0.6 is 0 Å². The quantitative estimate of drug-likeness (QED) is 0.729. The molecule has 2 aromatic heterocycles. The third-order valence-electron chi connectivity index (χ3n) is 7.14. The summed E-state index contributed by atoms with van der Waals surface area (Å²) < 4.78 is 44.0. The highest BCUT2D eigenvalue weighted by Crippen LogP contribution is 2.50. The summed E-state index contributed by atoms with van der Waals surface area (Å²) in [6, 6.07) is 5.45. The van der Waals surface area contributed by atoms with Gasteiger partial charge in [0.25, 0.3) is 0 Å². The van der Waals surface area contributed by atoms with Gasteiger partial charge in [-0.05, 0) is 61.9 Å². The van der Waals surface area contributed by atoms with Crippen LogP contribution in [0.25, 0.3) is 0 Å². The van der Waals surface area contributed by atoms with E-state index in [1.165, 1.54) is 5.56 Å². The lowest BCUT2D eigenvalue weighted by molar-refractivity contribution is -0.141. The minimum Gasteiger partial charge on any atom is -0.378 e. The molecule has 5 rings (SSSR count). The molecule has 2 aliphatic heterocycles. The Kier molecular flexibility index (Phi) is 6.13. The van der Waals surface area contributed by atoms with E-state index in [9.17, 15) is 13.2 Å². The lowest BCUT2D eigenvalue weighted by Crippen LogP contribution is -2.51. The average molecular weight is 463 g/mol. The molecule has 0 atom stereocenters. The first-order chi connectivity index (χ1) is 15.9. The van der Waals surface area contributed by atoms with Gasteiger partial charge in [0.05, 0.1) is 13.2 Å². The van der Waals surface area contributed by atoms with Gasteiger partial charge < -0.3 is 15.0 Å². The van der Waals surface area contributed by atoms with E-state index in [1.54, 1.807) is 0 Å². The predicted octanol–water partition coefficient (Wildman–Crippen LogP) is 3.58. The van der Waals surface area contributed by atoms with Crippen LogP contribution in [-0.4, -0.2) is 65.3 Å². The van der Waals surface area contributed by atoms with Crippen molar-refractivity contribution in [1.82, 2.24) is 19.9 Å². The molecule has 1 aliphatic carbocycles. The molecular weight excluding hydrogens is 433 g/mol. The normalized spacial score (nSPS) is 21.7. The number of pyridine rings is 1. The highest BCUT2D eigenvalue weighted by Gasteiger charge is 2.46. The van der Waals surface area contributed by atoms with Crippen molar-refractivity contribution in [2.24, 2.45) is 5.41 Å². The molecule has 0 radical (unpaired) electrons. The molecular formula is C23H29F3N6O. The largest absolute Gasteiger partial charge is 0.433 e. The number of hydrogen-bond donors (Lipinski definition) is 1. The second kappa shape index (κ2) is 9.06. The number of rotatable bonds is 5. The van der Waals surface area contributed by atoms with Crippen molar-refractivity contribution in [3.8, 4) is 0 Å². The number of piperidine rings is 1. The highest BCUT2D eigenvalue weighted by atomic mass is 19.4. The molecule has 7 nitrogen and oxygen atoms in total. The van der Waals surface area contributed by atoms with Crippen LogP contribution in [0.1, 0.15) is 36.9 Å². The Bertz CT molecular complexity index is 949. The maximum Gasteiger partial charge on any atom is 0.433 e. The molecule has 33 heavy (non-hydrogen) atoms. The Labute approximate surface area is 191 Å². The summed E-state index contributed by atoms with van der Waals surface area (Å²) in [6.07, 6.45) is 2.59. The molecule has 10 heteroatoms. The maximum atomic E-state index is 12.9. The van der Waals surface area contributed by atoms with Gasteiger partial charge in [0, 0.05) is 37.9 Å². The molecule has 0 amide bonds. The molecule has 3 fully saturated rings. The third-order valence-corrected chi connectivity index (χ3v) is 7.14. The topological polar surface area (TPSA) is 66.4 Å². The van der Waals surface area contributed by atoms with Gasteiger partial charge in [0.1, 0.15) is 23.7 Å². The standard InChI is InChI=1S/C23H29F3N6O/c24-23(25,26)19-12-20(29-16-28-19)30-18-13-22(14-18)2-5-31(6-3-22)15-17-1-4-27-21(11-17)32-7-9-33-10-8-32/h1,4,11-12,16,18H,2-3,5-10,13-15H2,(H,28,29,30). The van der Waals surface area contributed by atoms with Crippen LogP contribution in [0, 0.1) is 5.41 Å². The van der Waals surface area contributed by atoms with E-state index in [0.29, 0.717) is 5.41 Å². The van der Waals surface area contributed by atoms with Crippen LogP contribution in [0.4, 0.5) is 24.8 Å². The Morgan fingerprint density at radius 2 is 1.79 bits per heavy atom. The number of likely N-dealkylation sites (tertiary alicyclic amines) is 1. The SMILES string of the molecule is FC(F)(F)c1cc(NC2CC3(CCN(Cc4ccnc(N5CCOCC5)c4)CC3)C2)ncn1. The number of nitrogens with one attached hydrogen (secondary N) is 1. The summed E-state index contributed by atoms with van der Waals surface area (Å²) in [6.45, 7) is 6.24. The van der Waals surface area contributed by atoms with E-state index in [0.717, 1.165) is 89.8 Å². The lowest BCUT2D eigenvalue weighted by atomic mass is 9.60. The molecule has 3 aliphatic rings. The Hall–Kier alpha value is -2.46. The molecule has 2 aromatic rings. The second-order valence-corrected chi connectivity index (χ2v) is 9.43. The van der Waals surface area contributed by atoms with Crippen molar-refractivity contribution in [2.75, 3.05) is 49.6 Å². The summed E-state index contributed by atoms with van der Waals surface area (Å²) in [5, 5.41) is 3.17.